The van der Waals surface area contributed by atoms with Gasteiger partial charge in [0.25, 0.3) is 0 Å². The molecule has 0 bridgehead atoms. The second-order valence-corrected chi connectivity index (χ2v) is 5.83. The van der Waals surface area contributed by atoms with Crippen molar-refractivity contribution < 1.29 is 9.53 Å². The molecule has 0 amide bonds. The normalized spacial score (nSPS) is 22.2. The van der Waals surface area contributed by atoms with Gasteiger partial charge in [-0.1, -0.05) is 19.1 Å². The van der Waals surface area contributed by atoms with Crippen molar-refractivity contribution in [3.05, 3.63) is 29.8 Å². The van der Waals surface area contributed by atoms with E-state index >= 15 is 0 Å². The fourth-order valence-electron chi connectivity index (χ4n) is 3.20. The van der Waals surface area contributed by atoms with Gasteiger partial charge in [-0.3, -0.25) is 9.69 Å². The molecule has 1 aliphatic carbocycles. The van der Waals surface area contributed by atoms with Crippen LogP contribution in [-0.4, -0.2) is 30.6 Å². The molecule has 0 saturated heterocycles. The number of hydrogen-bond acceptors (Lipinski definition) is 4. The number of anilines is 1. The molecule has 0 radical (unpaired) electrons. The summed E-state index contributed by atoms with van der Waals surface area (Å²) in [5.74, 6) is 0.0523. The predicted molar refractivity (Wildman–Crippen MR) is 84.7 cm³/mol. The Morgan fingerprint density at radius 3 is 2.38 bits per heavy atom. The molecule has 2 N–H and O–H groups in total. The maximum atomic E-state index is 11.6. The Balaban J connectivity index is 1.90. The van der Waals surface area contributed by atoms with E-state index in [9.17, 15) is 4.79 Å². The Kier molecular flexibility index (Phi) is 5.62. The lowest BCUT2D eigenvalue weighted by molar-refractivity contribution is -0.146. The van der Waals surface area contributed by atoms with Crippen LogP contribution in [0.2, 0.25) is 0 Å². The van der Waals surface area contributed by atoms with Crippen molar-refractivity contribution in [1.82, 2.24) is 4.90 Å². The number of nitrogens with zero attached hydrogens (tertiary/aromatic N) is 1. The summed E-state index contributed by atoms with van der Waals surface area (Å²) in [6.45, 7) is 4.17. The molecule has 1 aromatic rings. The molecule has 116 valence electrons. The van der Waals surface area contributed by atoms with Gasteiger partial charge < -0.3 is 10.5 Å². The topological polar surface area (TPSA) is 55.6 Å². The minimum absolute atomic E-state index is 0.0463. The molecule has 0 spiro atoms. The first-order valence-corrected chi connectivity index (χ1v) is 7.80. The van der Waals surface area contributed by atoms with Crippen LogP contribution in [0, 0.1) is 5.92 Å². The summed E-state index contributed by atoms with van der Waals surface area (Å²) in [5, 5.41) is 0. The molecule has 4 nitrogen and oxygen atoms in total. The SMILES string of the molecule is CCN(Cc1ccc(N)cc1)[C@H]1CC[C@H](C(=O)OC)CC1. The number of carbonyl (C=O) groups is 1. The molecule has 0 heterocycles. The van der Waals surface area contributed by atoms with Gasteiger partial charge in [0.2, 0.25) is 0 Å². The van der Waals surface area contributed by atoms with Crippen molar-refractivity contribution in [2.24, 2.45) is 5.92 Å². The van der Waals surface area contributed by atoms with E-state index in [1.54, 1.807) is 0 Å². The van der Waals surface area contributed by atoms with Gasteiger partial charge in [0.15, 0.2) is 0 Å². The number of rotatable bonds is 5. The van der Waals surface area contributed by atoms with Crippen LogP contribution in [0.1, 0.15) is 38.2 Å². The number of benzene rings is 1. The fraction of sp³-hybridized carbons (Fsp3) is 0.588. The van der Waals surface area contributed by atoms with E-state index in [1.807, 2.05) is 12.1 Å². The summed E-state index contributed by atoms with van der Waals surface area (Å²) in [4.78, 5) is 14.1. The molecule has 4 heteroatoms. The molecule has 0 unspecified atom stereocenters. The van der Waals surface area contributed by atoms with Crippen LogP contribution in [0.3, 0.4) is 0 Å². The van der Waals surface area contributed by atoms with Crippen molar-refractivity contribution in [2.45, 2.75) is 45.2 Å². The zero-order valence-corrected chi connectivity index (χ0v) is 13.0. The van der Waals surface area contributed by atoms with E-state index in [4.69, 9.17) is 10.5 Å². The molecule has 1 saturated carbocycles. The summed E-state index contributed by atoms with van der Waals surface area (Å²) in [7, 11) is 1.48. The fourth-order valence-corrected chi connectivity index (χ4v) is 3.20. The van der Waals surface area contributed by atoms with Crippen LogP contribution >= 0.6 is 0 Å². The summed E-state index contributed by atoms with van der Waals surface area (Å²) in [5.41, 5.74) is 7.83. The number of esters is 1. The molecule has 1 fully saturated rings. The van der Waals surface area contributed by atoms with Crippen molar-refractivity contribution >= 4 is 11.7 Å². The van der Waals surface area contributed by atoms with E-state index in [0.29, 0.717) is 6.04 Å². The van der Waals surface area contributed by atoms with Crippen LogP contribution in [0.15, 0.2) is 24.3 Å². The highest BCUT2D eigenvalue weighted by Crippen LogP contribution is 2.29. The highest BCUT2D eigenvalue weighted by Gasteiger charge is 2.29. The summed E-state index contributed by atoms with van der Waals surface area (Å²) in [6, 6.07) is 8.67. The third-order valence-corrected chi connectivity index (χ3v) is 4.52. The summed E-state index contributed by atoms with van der Waals surface area (Å²) >= 11 is 0. The quantitative estimate of drug-likeness (QED) is 0.669. The van der Waals surface area contributed by atoms with Crippen LogP contribution in [0.4, 0.5) is 5.69 Å². The van der Waals surface area contributed by atoms with Crippen LogP contribution in [0.25, 0.3) is 0 Å². The molecule has 21 heavy (non-hydrogen) atoms. The lowest BCUT2D eigenvalue weighted by Gasteiger charge is -2.35. The van der Waals surface area contributed by atoms with Crippen LogP contribution in [0.5, 0.6) is 0 Å². The molecular weight excluding hydrogens is 264 g/mol. The van der Waals surface area contributed by atoms with E-state index in [0.717, 1.165) is 44.5 Å². The molecule has 1 aromatic carbocycles. The molecule has 1 aliphatic rings. The second kappa shape index (κ2) is 7.46. The Labute approximate surface area is 127 Å². The van der Waals surface area contributed by atoms with Gasteiger partial charge in [0, 0.05) is 18.3 Å². The Bertz CT molecular complexity index is 450. The zero-order chi connectivity index (χ0) is 15.2. The number of nitrogen functional groups attached to an aromatic ring is 1. The van der Waals surface area contributed by atoms with Crippen LogP contribution < -0.4 is 5.73 Å². The Morgan fingerprint density at radius 2 is 1.86 bits per heavy atom. The van der Waals surface area contributed by atoms with Gasteiger partial charge in [0.1, 0.15) is 0 Å². The Morgan fingerprint density at radius 1 is 1.24 bits per heavy atom. The van der Waals surface area contributed by atoms with E-state index < -0.39 is 0 Å². The largest absolute Gasteiger partial charge is 0.469 e. The maximum Gasteiger partial charge on any atom is 0.308 e. The van der Waals surface area contributed by atoms with E-state index in [2.05, 4.69) is 24.0 Å². The van der Waals surface area contributed by atoms with Gasteiger partial charge >= 0.3 is 5.97 Å². The lowest BCUT2D eigenvalue weighted by Crippen LogP contribution is -2.38. The monoisotopic (exact) mass is 290 g/mol. The van der Waals surface area contributed by atoms with E-state index in [1.165, 1.54) is 12.7 Å². The molecule has 0 atom stereocenters. The highest BCUT2D eigenvalue weighted by atomic mass is 16.5. The number of nitrogens with two attached hydrogens (primary N) is 1. The number of carbonyl (C=O) groups excluding carboxylic acids is 1. The van der Waals surface area contributed by atoms with Gasteiger partial charge in [-0.25, -0.2) is 0 Å². The minimum Gasteiger partial charge on any atom is -0.469 e. The summed E-state index contributed by atoms with van der Waals surface area (Å²) < 4.78 is 4.85. The third kappa shape index (κ3) is 4.21. The van der Waals surface area contributed by atoms with Gasteiger partial charge in [-0.15, -0.1) is 0 Å². The summed E-state index contributed by atoms with van der Waals surface area (Å²) in [6.07, 6.45) is 4.02. The molecule has 0 aromatic heterocycles. The first-order chi connectivity index (χ1) is 10.1. The number of hydrogen-bond donors (Lipinski definition) is 1. The van der Waals surface area contributed by atoms with Crippen LogP contribution in [-0.2, 0) is 16.1 Å². The molecular formula is C17H26N2O2. The number of methoxy groups -OCH3 is 1. The van der Waals surface area contributed by atoms with Crippen molar-refractivity contribution in [1.29, 1.82) is 0 Å². The van der Waals surface area contributed by atoms with Gasteiger partial charge in [-0.05, 0) is 49.9 Å². The second-order valence-electron chi connectivity index (χ2n) is 5.83. The standard InChI is InChI=1S/C17H26N2O2/c1-3-19(12-13-4-8-15(18)9-5-13)16-10-6-14(7-11-16)17(20)21-2/h4-5,8-9,14,16H,3,6-7,10-12,18H2,1-2H3/t14-,16-. The Hall–Kier alpha value is -1.55. The van der Waals surface area contributed by atoms with Gasteiger partial charge in [0.05, 0.1) is 13.0 Å². The van der Waals surface area contributed by atoms with Crippen molar-refractivity contribution in [3.8, 4) is 0 Å². The zero-order valence-electron chi connectivity index (χ0n) is 13.0. The third-order valence-electron chi connectivity index (χ3n) is 4.52. The highest BCUT2D eigenvalue weighted by molar-refractivity contribution is 5.72. The maximum absolute atomic E-state index is 11.6. The number of ether oxygens (including phenoxy) is 1. The molecule has 0 aliphatic heterocycles. The smallest absolute Gasteiger partial charge is 0.308 e. The average molecular weight is 290 g/mol. The predicted octanol–water partition coefficient (Wildman–Crippen LogP) is 2.82. The van der Waals surface area contributed by atoms with Crippen molar-refractivity contribution in [2.75, 3.05) is 19.4 Å². The first-order valence-electron chi connectivity index (χ1n) is 7.80. The van der Waals surface area contributed by atoms with Crippen molar-refractivity contribution in [3.63, 3.8) is 0 Å². The minimum atomic E-state index is -0.0463. The van der Waals surface area contributed by atoms with E-state index in [-0.39, 0.29) is 11.9 Å². The van der Waals surface area contributed by atoms with Gasteiger partial charge in [-0.2, -0.15) is 0 Å². The lowest BCUT2D eigenvalue weighted by atomic mass is 9.85. The average Bonchev–Trinajstić information content (AvgIpc) is 2.54. The first kappa shape index (κ1) is 15.8. The molecule has 2 rings (SSSR count).